The lowest BCUT2D eigenvalue weighted by Gasteiger charge is -2.05. The van der Waals surface area contributed by atoms with E-state index in [0.717, 1.165) is 25.7 Å². The van der Waals surface area contributed by atoms with Crippen LogP contribution in [0.4, 0.5) is 0 Å². The van der Waals surface area contributed by atoms with Crippen LogP contribution in [0.1, 0.15) is 32.6 Å². The second-order valence-corrected chi connectivity index (χ2v) is 2.63. The third kappa shape index (κ3) is 7.08. The van der Waals surface area contributed by atoms with Gasteiger partial charge in [0, 0.05) is 12.1 Å². The Bertz CT molecular complexity index is 144. The van der Waals surface area contributed by atoms with Crippen LogP contribution in [-0.4, -0.2) is 6.04 Å². The van der Waals surface area contributed by atoms with Gasteiger partial charge in [-0.15, -0.1) is 0 Å². The van der Waals surface area contributed by atoms with Crippen LogP contribution in [0.15, 0.2) is 12.2 Å². The van der Waals surface area contributed by atoms with Crippen LogP contribution in [0.3, 0.4) is 0 Å². The molecule has 1 unspecified atom stereocenters. The summed E-state index contributed by atoms with van der Waals surface area (Å²) in [4.78, 5) is 0. The molecule has 1 atom stereocenters. The topological polar surface area (TPSA) is 49.8 Å². The smallest absolute Gasteiger partial charge is 0.0908 e. The van der Waals surface area contributed by atoms with Gasteiger partial charge in [-0.05, 0) is 25.7 Å². The van der Waals surface area contributed by atoms with Gasteiger partial charge >= 0.3 is 0 Å². The molecule has 2 N–H and O–H groups in total. The van der Waals surface area contributed by atoms with Gasteiger partial charge in [-0.25, -0.2) is 0 Å². The molecule has 0 aromatic rings. The van der Waals surface area contributed by atoms with Crippen LogP contribution in [0.5, 0.6) is 0 Å². The molecular formula is C9H16N2. The molecule has 0 amide bonds. The molecule has 0 fully saturated rings. The van der Waals surface area contributed by atoms with Gasteiger partial charge in [-0.2, -0.15) is 5.26 Å². The van der Waals surface area contributed by atoms with Crippen LogP contribution >= 0.6 is 0 Å². The summed E-state index contributed by atoms with van der Waals surface area (Å²) in [5, 5.41) is 8.16. The fourth-order valence-corrected chi connectivity index (χ4v) is 0.838. The Kier molecular flexibility index (Phi) is 6.76. The van der Waals surface area contributed by atoms with Crippen molar-refractivity contribution in [3.05, 3.63) is 12.2 Å². The van der Waals surface area contributed by atoms with E-state index in [4.69, 9.17) is 11.0 Å². The van der Waals surface area contributed by atoms with Gasteiger partial charge in [0.25, 0.3) is 0 Å². The number of allylic oxidation sites excluding steroid dienone is 2. The van der Waals surface area contributed by atoms with E-state index in [1.54, 1.807) is 0 Å². The molecule has 62 valence electrons. The number of hydrogen-bond donors (Lipinski definition) is 1. The Hall–Kier alpha value is -0.810. The summed E-state index contributed by atoms with van der Waals surface area (Å²) < 4.78 is 0. The largest absolute Gasteiger partial charge is 0.328 e. The first kappa shape index (κ1) is 10.2. The third-order valence-electron chi connectivity index (χ3n) is 1.66. The normalized spacial score (nSPS) is 13.2. The van der Waals surface area contributed by atoms with E-state index in [9.17, 15) is 0 Å². The Labute approximate surface area is 68.7 Å². The molecule has 0 aliphatic heterocycles. The summed E-state index contributed by atoms with van der Waals surface area (Å²) in [5.41, 5.74) is 5.70. The fraction of sp³-hybridized carbons (Fsp3) is 0.667. The van der Waals surface area contributed by atoms with E-state index in [2.05, 4.69) is 6.92 Å². The highest BCUT2D eigenvalue weighted by molar-refractivity contribution is 5.01. The molecule has 0 radical (unpaired) electrons. The molecule has 0 aromatic carbocycles. The van der Waals surface area contributed by atoms with E-state index < -0.39 is 0 Å². The molecule has 0 aliphatic rings. The zero-order valence-electron chi connectivity index (χ0n) is 7.09. The van der Waals surface area contributed by atoms with Gasteiger partial charge in [0.15, 0.2) is 0 Å². The molecule has 0 saturated heterocycles. The minimum absolute atomic E-state index is 0.338. The van der Waals surface area contributed by atoms with Crippen molar-refractivity contribution in [3.8, 4) is 6.07 Å². The lowest BCUT2D eigenvalue weighted by Crippen LogP contribution is -2.17. The number of rotatable bonds is 5. The summed E-state index contributed by atoms with van der Waals surface area (Å²) in [5.74, 6) is 0. The third-order valence-corrected chi connectivity index (χ3v) is 1.66. The van der Waals surface area contributed by atoms with Crippen molar-refractivity contribution in [2.75, 3.05) is 0 Å². The predicted molar refractivity (Wildman–Crippen MR) is 46.9 cm³/mol. The molecule has 0 saturated carbocycles. The monoisotopic (exact) mass is 152 g/mol. The van der Waals surface area contributed by atoms with Crippen molar-refractivity contribution in [1.82, 2.24) is 0 Å². The van der Waals surface area contributed by atoms with E-state index >= 15 is 0 Å². The molecule has 2 heteroatoms. The number of hydrogen-bond acceptors (Lipinski definition) is 2. The van der Waals surface area contributed by atoms with Crippen molar-refractivity contribution >= 4 is 0 Å². The van der Waals surface area contributed by atoms with E-state index in [1.807, 2.05) is 12.1 Å². The van der Waals surface area contributed by atoms with Crippen molar-refractivity contribution < 1.29 is 0 Å². The Balaban J connectivity index is 3.15. The number of nitriles is 1. The van der Waals surface area contributed by atoms with Crippen LogP contribution in [0.25, 0.3) is 0 Å². The molecule has 0 spiro atoms. The zero-order valence-corrected chi connectivity index (χ0v) is 7.09. The van der Waals surface area contributed by atoms with Gasteiger partial charge in [-0.1, -0.05) is 13.0 Å². The summed E-state index contributed by atoms with van der Waals surface area (Å²) in [6, 6.07) is 2.30. The molecule has 0 bridgehead atoms. The first-order valence-electron chi connectivity index (χ1n) is 4.11. The van der Waals surface area contributed by atoms with Gasteiger partial charge < -0.3 is 5.73 Å². The Morgan fingerprint density at radius 1 is 1.64 bits per heavy atom. The molecular weight excluding hydrogens is 136 g/mol. The minimum Gasteiger partial charge on any atom is -0.328 e. The van der Waals surface area contributed by atoms with Crippen LogP contribution in [0, 0.1) is 11.3 Å². The standard InChI is InChI=1S/C9H16N2/c1-2-9(11)7-5-3-4-6-8-10/h4,6,9H,2-3,5,7,11H2,1H3/b6-4-. The second-order valence-electron chi connectivity index (χ2n) is 2.63. The molecule has 2 nitrogen and oxygen atoms in total. The SMILES string of the molecule is CCC(N)CCC/C=C\C#N. The summed E-state index contributed by atoms with van der Waals surface area (Å²) in [6.45, 7) is 2.09. The van der Waals surface area contributed by atoms with Crippen LogP contribution in [-0.2, 0) is 0 Å². The lowest BCUT2D eigenvalue weighted by molar-refractivity contribution is 0.572. The fourth-order valence-electron chi connectivity index (χ4n) is 0.838. The highest BCUT2D eigenvalue weighted by Gasteiger charge is 1.95. The highest BCUT2D eigenvalue weighted by atomic mass is 14.6. The van der Waals surface area contributed by atoms with Crippen LogP contribution < -0.4 is 5.73 Å². The maximum atomic E-state index is 8.16. The maximum absolute atomic E-state index is 8.16. The quantitative estimate of drug-likeness (QED) is 0.483. The van der Waals surface area contributed by atoms with Crippen molar-refractivity contribution in [1.29, 1.82) is 5.26 Å². The Morgan fingerprint density at radius 2 is 2.36 bits per heavy atom. The molecule has 0 aliphatic carbocycles. The first-order chi connectivity index (χ1) is 5.31. The average Bonchev–Trinajstić information content (AvgIpc) is 2.04. The molecule has 0 heterocycles. The molecule has 11 heavy (non-hydrogen) atoms. The Morgan fingerprint density at radius 3 is 2.91 bits per heavy atom. The van der Waals surface area contributed by atoms with Crippen molar-refractivity contribution in [2.24, 2.45) is 5.73 Å². The van der Waals surface area contributed by atoms with Gasteiger partial charge in [0.2, 0.25) is 0 Å². The average molecular weight is 152 g/mol. The predicted octanol–water partition coefficient (Wildman–Crippen LogP) is 1.97. The van der Waals surface area contributed by atoms with Crippen LogP contribution in [0.2, 0.25) is 0 Å². The summed E-state index contributed by atoms with van der Waals surface area (Å²) in [7, 11) is 0. The van der Waals surface area contributed by atoms with Crippen molar-refractivity contribution in [2.45, 2.75) is 38.6 Å². The summed E-state index contributed by atoms with van der Waals surface area (Å²) in [6.07, 6.45) is 7.59. The van der Waals surface area contributed by atoms with E-state index in [0.29, 0.717) is 6.04 Å². The van der Waals surface area contributed by atoms with E-state index in [1.165, 1.54) is 6.08 Å². The second kappa shape index (κ2) is 7.30. The number of nitrogens with two attached hydrogens (primary N) is 1. The van der Waals surface area contributed by atoms with Gasteiger partial charge in [0.1, 0.15) is 0 Å². The summed E-state index contributed by atoms with van der Waals surface area (Å²) >= 11 is 0. The van der Waals surface area contributed by atoms with Crippen molar-refractivity contribution in [3.63, 3.8) is 0 Å². The first-order valence-corrected chi connectivity index (χ1v) is 4.11. The zero-order chi connectivity index (χ0) is 8.53. The highest BCUT2D eigenvalue weighted by Crippen LogP contribution is 2.01. The number of unbranched alkanes of at least 4 members (excludes halogenated alkanes) is 1. The molecule has 0 aromatic heterocycles. The van der Waals surface area contributed by atoms with E-state index in [-0.39, 0.29) is 0 Å². The minimum atomic E-state index is 0.338. The van der Waals surface area contributed by atoms with Gasteiger partial charge in [-0.3, -0.25) is 0 Å². The number of nitrogens with zero attached hydrogens (tertiary/aromatic N) is 1. The maximum Gasteiger partial charge on any atom is 0.0908 e. The van der Waals surface area contributed by atoms with Gasteiger partial charge in [0.05, 0.1) is 6.07 Å². The lowest BCUT2D eigenvalue weighted by atomic mass is 10.1. The molecule has 0 rings (SSSR count).